The fourth-order valence-corrected chi connectivity index (χ4v) is 2.54. The summed E-state index contributed by atoms with van der Waals surface area (Å²) in [6, 6.07) is 13.0. The van der Waals surface area contributed by atoms with Gasteiger partial charge in [0.15, 0.2) is 0 Å². The van der Waals surface area contributed by atoms with Crippen LogP contribution in [0.2, 0.25) is 0 Å². The van der Waals surface area contributed by atoms with Gasteiger partial charge in [-0.1, -0.05) is 25.1 Å². The van der Waals surface area contributed by atoms with E-state index in [1.54, 1.807) is 12.1 Å². The Labute approximate surface area is 147 Å². The van der Waals surface area contributed by atoms with Gasteiger partial charge in [-0.15, -0.1) is 0 Å². The largest absolute Gasteiger partial charge is 0.711 e. The monoisotopic (exact) mass is 344 g/mol. The minimum absolute atomic E-state index is 0.108. The highest BCUT2D eigenvalue weighted by Crippen LogP contribution is 2.16. The summed E-state index contributed by atoms with van der Waals surface area (Å²) in [5.41, 5.74) is 1.10. The smallest absolute Gasteiger partial charge is 0.303 e. The molecule has 0 spiro atoms. The first-order chi connectivity index (χ1) is 12.0. The number of hydrogen-bond acceptors (Lipinski definition) is 4. The summed E-state index contributed by atoms with van der Waals surface area (Å²) in [5, 5.41) is 23.3. The van der Waals surface area contributed by atoms with Crippen molar-refractivity contribution in [2.75, 3.05) is 18.5 Å². The second kappa shape index (κ2) is 9.52. The van der Waals surface area contributed by atoms with Crippen molar-refractivity contribution >= 4 is 11.8 Å². The van der Waals surface area contributed by atoms with Crippen LogP contribution in [-0.4, -0.2) is 24.2 Å². The summed E-state index contributed by atoms with van der Waals surface area (Å²) < 4.78 is 6.48. The molecule has 0 aliphatic carbocycles. The molecule has 2 rings (SSSR count). The van der Waals surface area contributed by atoms with Crippen molar-refractivity contribution in [3.8, 4) is 5.75 Å². The second-order valence-corrected chi connectivity index (χ2v) is 6.09. The molecule has 1 aromatic heterocycles. The Hall–Kier alpha value is -2.76. The molecule has 1 aromatic carbocycles. The molecule has 2 N–H and O–H groups in total. The van der Waals surface area contributed by atoms with Crippen molar-refractivity contribution in [3.63, 3.8) is 0 Å². The quantitative estimate of drug-likeness (QED) is 0.393. The van der Waals surface area contributed by atoms with Gasteiger partial charge in [0.05, 0.1) is 19.3 Å². The van der Waals surface area contributed by atoms with Crippen LogP contribution in [-0.2, 0) is 11.2 Å². The van der Waals surface area contributed by atoms with Crippen LogP contribution >= 0.6 is 0 Å². The van der Waals surface area contributed by atoms with E-state index in [1.165, 1.54) is 6.20 Å². The number of anilines is 1. The van der Waals surface area contributed by atoms with Crippen LogP contribution < -0.4 is 14.8 Å². The molecule has 2 aromatic rings. The van der Waals surface area contributed by atoms with Gasteiger partial charge >= 0.3 is 5.97 Å². The zero-order valence-electron chi connectivity index (χ0n) is 14.4. The third-order valence-electron chi connectivity index (χ3n) is 3.75. The normalized spacial score (nSPS) is 11.7. The van der Waals surface area contributed by atoms with Gasteiger partial charge in [-0.25, -0.2) is 4.73 Å². The minimum atomic E-state index is -0.765. The van der Waals surface area contributed by atoms with Gasteiger partial charge in [-0.05, 0) is 36.1 Å². The molecule has 1 atom stereocenters. The van der Waals surface area contributed by atoms with Crippen LogP contribution in [0.5, 0.6) is 5.75 Å². The molecule has 1 unspecified atom stereocenters. The molecule has 0 bridgehead atoms. The highest BCUT2D eigenvalue weighted by Gasteiger charge is 2.08. The number of carboxylic acid groups (broad SMARTS) is 1. The molecule has 0 radical (unpaired) electrons. The zero-order chi connectivity index (χ0) is 18.1. The van der Waals surface area contributed by atoms with Gasteiger partial charge in [0.2, 0.25) is 0 Å². The number of aliphatic carboxylic acids is 1. The predicted molar refractivity (Wildman–Crippen MR) is 95.6 cm³/mol. The van der Waals surface area contributed by atoms with Crippen molar-refractivity contribution in [2.24, 2.45) is 5.92 Å². The molecule has 0 amide bonds. The summed E-state index contributed by atoms with van der Waals surface area (Å²) >= 11 is 0. The molecule has 0 saturated carbocycles. The first-order valence-electron chi connectivity index (χ1n) is 8.40. The van der Waals surface area contributed by atoms with Crippen LogP contribution in [0.3, 0.4) is 0 Å². The van der Waals surface area contributed by atoms with Crippen molar-refractivity contribution in [2.45, 2.75) is 26.2 Å². The molecule has 1 heterocycles. The van der Waals surface area contributed by atoms with Crippen LogP contribution in [0, 0.1) is 11.1 Å². The third kappa shape index (κ3) is 6.71. The lowest BCUT2D eigenvalue weighted by atomic mass is 9.98. The Balaban J connectivity index is 1.67. The van der Waals surface area contributed by atoms with E-state index < -0.39 is 5.97 Å². The SMILES string of the molecule is CC(CC(=O)O)Cc1ccc(OCCCNc2cccc[n+]2[O-])cc1. The fourth-order valence-electron chi connectivity index (χ4n) is 2.54. The van der Waals surface area contributed by atoms with E-state index in [9.17, 15) is 10.0 Å². The van der Waals surface area contributed by atoms with Crippen molar-refractivity contribution in [3.05, 3.63) is 59.4 Å². The maximum absolute atomic E-state index is 11.5. The molecule has 6 nitrogen and oxygen atoms in total. The number of hydrogen-bond donors (Lipinski definition) is 2. The van der Waals surface area contributed by atoms with E-state index in [0.717, 1.165) is 28.9 Å². The summed E-state index contributed by atoms with van der Waals surface area (Å²) in [5.74, 6) is 0.659. The number of benzene rings is 1. The number of aromatic nitrogens is 1. The highest BCUT2D eigenvalue weighted by molar-refractivity contribution is 5.67. The fraction of sp³-hybridized carbons (Fsp3) is 0.368. The van der Waals surface area contributed by atoms with E-state index in [0.29, 0.717) is 19.0 Å². The second-order valence-electron chi connectivity index (χ2n) is 6.09. The average molecular weight is 344 g/mol. The van der Waals surface area contributed by atoms with E-state index in [4.69, 9.17) is 9.84 Å². The number of nitrogens with zero attached hydrogens (tertiary/aromatic N) is 1. The Morgan fingerprint density at radius 2 is 2.04 bits per heavy atom. The third-order valence-corrected chi connectivity index (χ3v) is 3.75. The molecular weight excluding hydrogens is 320 g/mol. The van der Waals surface area contributed by atoms with E-state index >= 15 is 0 Å². The Bertz CT molecular complexity index is 673. The van der Waals surface area contributed by atoms with Gasteiger partial charge in [-0.3, -0.25) is 10.1 Å². The zero-order valence-corrected chi connectivity index (χ0v) is 14.4. The summed E-state index contributed by atoms with van der Waals surface area (Å²) in [4.78, 5) is 10.7. The first kappa shape index (κ1) is 18.6. The van der Waals surface area contributed by atoms with Crippen LogP contribution in [0.4, 0.5) is 5.82 Å². The number of rotatable bonds is 10. The Kier molecular flexibility index (Phi) is 7.07. The number of carboxylic acids is 1. The van der Waals surface area contributed by atoms with E-state index in [1.807, 2.05) is 37.3 Å². The van der Waals surface area contributed by atoms with Gasteiger partial charge in [0.1, 0.15) is 5.75 Å². The molecule has 0 aliphatic heterocycles. The van der Waals surface area contributed by atoms with Gasteiger partial charge in [0, 0.05) is 18.9 Å². The standard InChI is InChI=1S/C19H24N2O4/c1-15(14-19(22)23)13-16-6-8-17(9-7-16)25-12-4-10-20-18-5-2-3-11-21(18)24/h2-3,5-9,11,15,20H,4,10,12-14H2,1H3,(H,22,23). The predicted octanol–water partition coefficient (Wildman–Crippen LogP) is 2.85. The molecule has 6 heteroatoms. The Morgan fingerprint density at radius 1 is 1.28 bits per heavy atom. The van der Waals surface area contributed by atoms with Gasteiger partial charge < -0.3 is 15.1 Å². The van der Waals surface area contributed by atoms with Crippen molar-refractivity contribution < 1.29 is 19.4 Å². The number of ether oxygens (including phenoxy) is 1. The molecule has 0 saturated heterocycles. The Morgan fingerprint density at radius 3 is 2.72 bits per heavy atom. The number of carbonyl (C=O) groups is 1. The van der Waals surface area contributed by atoms with E-state index in [-0.39, 0.29) is 12.3 Å². The number of pyridine rings is 1. The summed E-state index contributed by atoms with van der Waals surface area (Å²) in [6.45, 7) is 3.13. The summed E-state index contributed by atoms with van der Waals surface area (Å²) in [6.07, 6.45) is 3.14. The lowest BCUT2D eigenvalue weighted by molar-refractivity contribution is -0.590. The van der Waals surface area contributed by atoms with Gasteiger partial charge in [0.25, 0.3) is 5.82 Å². The molecule has 134 valence electrons. The number of nitrogens with one attached hydrogen (secondary N) is 1. The van der Waals surface area contributed by atoms with Gasteiger partial charge in [-0.2, -0.15) is 0 Å². The van der Waals surface area contributed by atoms with E-state index in [2.05, 4.69) is 5.32 Å². The minimum Gasteiger partial charge on any atom is -0.711 e. The molecular formula is C19H24N2O4. The maximum Gasteiger partial charge on any atom is 0.303 e. The lowest BCUT2D eigenvalue weighted by Crippen LogP contribution is -2.30. The van der Waals surface area contributed by atoms with Crippen molar-refractivity contribution in [1.82, 2.24) is 0 Å². The first-order valence-corrected chi connectivity index (χ1v) is 8.40. The molecule has 0 fully saturated rings. The lowest BCUT2D eigenvalue weighted by Gasteiger charge is -2.10. The van der Waals surface area contributed by atoms with Crippen molar-refractivity contribution in [1.29, 1.82) is 0 Å². The average Bonchev–Trinajstić information content (AvgIpc) is 2.57. The molecule has 0 aliphatic rings. The van der Waals surface area contributed by atoms with Crippen LogP contribution in [0.25, 0.3) is 0 Å². The molecule has 25 heavy (non-hydrogen) atoms. The summed E-state index contributed by atoms with van der Waals surface area (Å²) in [7, 11) is 0. The maximum atomic E-state index is 11.5. The van der Waals surface area contributed by atoms with Crippen LogP contribution in [0.15, 0.2) is 48.7 Å². The highest BCUT2D eigenvalue weighted by atomic mass is 16.5. The van der Waals surface area contributed by atoms with Crippen LogP contribution in [0.1, 0.15) is 25.3 Å². The topological polar surface area (TPSA) is 85.5 Å².